The van der Waals surface area contributed by atoms with Gasteiger partial charge in [-0.2, -0.15) is 0 Å². The number of halogens is 1. The highest BCUT2D eigenvalue weighted by molar-refractivity contribution is 6.33. The summed E-state index contributed by atoms with van der Waals surface area (Å²) in [6.45, 7) is 8.52. The number of aryl methyl sites for hydroxylation is 2. The Morgan fingerprint density at radius 2 is 2.00 bits per heavy atom. The number of ether oxygens (including phenoxy) is 2. The standard InChI is InChI=1S/C27H36ClN5O4/c1-15-24(23-16(2)32-37-17(23)3)30-25(31-26(15)33(6)18-11-27(4,12-18)35-7)21-10-20(8-9-22(21)28)36-14-19(34)13-29-5/h8-10,18-19,29,34H,11-14H2,1-7H3. The molecule has 4 rings (SSSR count). The first-order valence-electron chi connectivity index (χ1n) is 12.4. The van der Waals surface area contributed by atoms with Crippen LogP contribution in [0.3, 0.4) is 0 Å². The highest BCUT2D eigenvalue weighted by Crippen LogP contribution is 2.42. The zero-order chi connectivity index (χ0) is 26.9. The molecule has 1 aliphatic rings. The molecule has 2 N–H and O–H groups in total. The number of hydrogen-bond acceptors (Lipinski definition) is 9. The fraction of sp³-hybridized carbons (Fsp3) is 0.519. The Hall–Kier alpha value is -2.72. The van der Waals surface area contributed by atoms with Gasteiger partial charge in [0.15, 0.2) is 5.82 Å². The monoisotopic (exact) mass is 529 g/mol. The highest BCUT2D eigenvalue weighted by Gasteiger charge is 2.43. The van der Waals surface area contributed by atoms with Crippen molar-refractivity contribution in [3.05, 3.63) is 40.2 Å². The number of aromatic nitrogens is 3. The Morgan fingerprint density at radius 1 is 1.27 bits per heavy atom. The minimum Gasteiger partial charge on any atom is -0.491 e. The second-order valence-corrected chi connectivity index (χ2v) is 10.4. The summed E-state index contributed by atoms with van der Waals surface area (Å²) in [7, 11) is 5.60. The number of likely N-dealkylation sites (N-methyl/N-ethyl adjacent to an activating group) is 1. The Bertz CT molecular complexity index is 1240. The van der Waals surface area contributed by atoms with Crippen LogP contribution in [0, 0.1) is 20.8 Å². The van der Waals surface area contributed by atoms with E-state index < -0.39 is 6.10 Å². The number of benzene rings is 1. The van der Waals surface area contributed by atoms with E-state index in [4.69, 9.17) is 35.6 Å². The van der Waals surface area contributed by atoms with Crippen LogP contribution in [0.25, 0.3) is 22.6 Å². The number of nitrogens with zero attached hydrogens (tertiary/aromatic N) is 4. The van der Waals surface area contributed by atoms with Crippen LogP contribution < -0.4 is 15.0 Å². The third kappa shape index (κ3) is 5.60. The normalized spacial score (nSPS) is 20.0. The average molecular weight is 530 g/mol. The third-order valence-electron chi connectivity index (χ3n) is 7.16. The van der Waals surface area contributed by atoms with Crippen molar-refractivity contribution < 1.29 is 19.1 Å². The van der Waals surface area contributed by atoms with Crippen LogP contribution in [-0.4, -0.2) is 72.3 Å². The molecule has 1 aliphatic carbocycles. The Balaban J connectivity index is 1.78. The lowest BCUT2D eigenvalue weighted by molar-refractivity contribution is -0.0676. The van der Waals surface area contributed by atoms with Crippen molar-refractivity contribution in [1.82, 2.24) is 20.4 Å². The first-order chi connectivity index (χ1) is 17.6. The minimum atomic E-state index is -0.633. The van der Waals surface area contributed by atoms with Crippen LogP contribution in [0.1, 0.15) is 36.8 Å². The Kier molecular flexibility index (Phi) is 8.08. The molecule has 0 saturated heterocycles. The largest absolute Gasteiger partial charge is 0.491 e. The predicted octanol–water partition coefficient (Wildman–Crippen LogP) is 4.34. The molecule has 3 aromatic rings. The number of aliphatic hydroxyl groups is 1. The van der Waals surface area contributed by atoms with Gasteiger partial charge in [0.2, 0.25) is 0 Å². The molecule has 0 aliphatic heterocycles. The van der Waals surface area contributed by atoms with Gasteiger partial charge in [-0.25, -0.2) is 9.97 Å². The average Bonchev–Trinajstić information content (AvgIpc) is 3.19. The van der Waals surface area contributed by atoms with Crippen molar-refractivity contribution in [1.29, 1.82) is 0 Å². The molecule has 1 aromatic carbocycles. The van der Waals surface area contributed by atoms with Gasteiger partial charge in [-0.05, 0) is 65.8 Å². The summed E-state index contributed by atoms with van der Waals surface area (Å²) in [5, 5.41) is 17.6. The van der Waals surface area contributed by atoms with Crippen molar-refractivity contribution in [3.8, 4) is 28.4 Å². The van der Waals surface area contributed by atoms with Gasteiger partial charge in [0.25, 0.3) is 0 Å². The molecule has 37 heavy (non-hydrogen) atoms. The second kappa shape index (κ2) is 10.9. The molecule has 0 radical (unpaired) electrons. The summed E-state index contributed by atoms with van der Waals surface area (Å²) >= 11 is 6.66. The molecule has 1 atom stereocenters. The number of aliphatic hydroxyl groups excluding tert-OH is 1. The second-order valence-electron chi connectivity index (χ2n) is 10.0. The maximum absolute atomic E-state index is 10.0. The summed E-state index contributed by atoms with van der Waals surface area (Å²) in [5.74, 6) is 2.55. The van der Waals surface area contributed by atoms with Crippen molar-refractivity contribution in [3.63, 3.8) is 0 Å². The molecule has 1 unspecified atom stereocenters. The number of nitrogens with one attached hydrogen (secondary N) is 1. The predicted molar refractivity (Wildman–Crippen MR) is 144 cm³/mol. The van der Waals surface area contributed by atoms with E-state index in [1.165, 1.54) is 0 Å². The first kappa shape index (κ1) is 27.3. The van der Waals surface area contributed by atoms with E-state index in [0.29, 0.717) is 34.5 Å². The van der Waals surface area contributed by atoms with Gasteiger partial charge in [0.05, 0.1) is 27.6 Å². The molecule has 1 fully saturated rings. The molecular weight excluding hydrogens is 494 g/mol. The summed E-state index contributed by atoms with van der Waals surface area (Å²) in [6.07, 6.45) is 1.17. The number of methoxy groups -OCH3 is 1. The molecule has 0 amide bonds. The van der Waals surface area contributed by atoms with E-state index >= 15 is 0 Å². The van der Waals surface area contributed by atoms with Gasteiger partial charge >= 0.3 is 0 Å². The lowest BCUT2D eigenvalue weighted by Crippen LogP contribution is -2.54. The number of anilines is 1. The van der Waals surface area contributed by atoms with Crippen LogP contribution in [0.2, 0.25) is 5.02 Å². The lowest BCUT2D eigenvalue weighted by atomic mass is 9.76. The molecule has 1 saturated carbocycles. The zero-order valence-corrected chi connectivity index (χ0v) is 23.3. The van der Waals surface area contributed by atoms with Crippen molar-refractivity contribution in [2.24, 2.45) is 0 Å². The van der Waals surface area contributed by atoms with E-state index in [1.54, 1.807) is 26.3 Å². The molecule has 10 heteroatoms. The Labute approximate surface area is 223 Å². The number of hydrogen-bond donors (Lipinski definition) is 2. The summed E-state index contributed by atoms with van der Waals surface area (Å²) in [5.41, 5.74) is 3.82. The molecule has 9 nitrogen and oxygen atoms in total. The van der Waals surface area contributed by atoms with Gasteiger partial charge in [-0.1, -0.05) is 16.8 Å². The minimum absolute atomic E-state index is 0.125. The van der Waals surface area contributed by atoms with E-state index in [1.807, 2.05) is 26.8 Å². The molecule has 200 valence electrons. The van der Waals surface area contributed by atoms with Crippen LogP contribution >= 0.6 is 11.6 Å². The van der Waals surface area contributed by atoms with Crippen LogP contribution in [0.15, 0.2) is 22.7 Å². The Morgan fingerprint density at radius 3 is 2.62 bits per heavy atom. The van der Waals surface area contributed by atoms with Gasteiger partial charge in [-0.3, -0.25) is 0 Å². The quantitative estimate of drug-likeness (QED) is 0.396. The zero-order valence-electron chi connectivity index (χ0n) is 22.6. The summed E-state index contributed by atoms with van der Waals surface area (Å²) in [6, 6.07) is 5.62. The molecule has 0 spiro atoms. The van der Waals surface area contributed by atoms with Gasteiger partial charge in [-0.15, -0.1) is 0 Å². The van der Waals surface area contributed by atoms with Crippen LogP contribution in [0.4, 0.5) is 5.82 Å². The molecule has 2 heterocycles. The first-order valence-corrected chi connectivity index (χ1v) is 12.8. The van der Waals surface area contributed by atoms with Crippen molar-refractivity contribution in [2.45, 2.75) is 58.3 Å². The fourth-order valence-electron chi connectivity index (χ4n) is 4.84. The smallest absolute Gasteiger partial charge is 0.163 e. The van der Waals surface area contributed by atoms with E-state index in [2.05, 4.69) is 29.3 Å². The van der Waals surface area contributed by atoms with Gasteiger partial charge < -0.3 is 29.3 Å². The van der Waals surface area contributed by atoms with Gasteiger partial charge in [0, 0.05) is 37.9 Å². The van der Waals surface area contributed by atoms with Crippen LogP contribution in [-0.2, 0) is 4.74 Å². The van der Waals surface area contributed by atoms with Gasteiger partial charge in [0.1, 0.15) is 30.0 Å². The molecule has 0 bridgehead atoms. The van der Waals surface area contributed by atoms with E-state index in [9.17, 15) is 5.11 Å². The number of rotatable bonds is 10. The van der Waals surface area contributed by atoms with E-state index in [-0.39, 0.29) is 18.2 Å². The fourth-order valence-corrected chi connectivity index (χ4v) is 5.04. The maximum Gasteiger partial charge on any atom is 0.163 e. The van der Waals surface area contributed by atoms with Crippen molar-refractivity contribution >= 4 is 17.4 Å². The topological polar surface area (TPSA) is 106 Å². The SMILES string of the molecule is CNCC(O)COc1ccc(Cl)c(-c2nc(-c3c(C)noc3C)c(C)c(N(C)C3CC(C)(OC)C3)n2)c1. The van der Waals surface area contributed by atoms with E-state index in [0.717, 1.165) is 41.2 Å². The summed E-state index contributed by atoms with van der Waals surface area (Å²) < 4.78 is 17.0. The lowest BCUT2D eigenvalue weighted by Gasteiger charge is -2.48. The molecular formula is C27H36ClN5O4. The third-order valence-corrected chi connectivity index (χ3v) is 7.49. The highest BCUT2D eigenvalue weighted by atomic mass is 35.5. The maximum atomic E-state index is 10.0. The van der Waals surface area contributed by atoms with Crippen molar-refractivity contribution in [2.75, 3.05) is 39.3 Å². The molecule has 2 aromatic heterocycles. The summed E-state index contributed by atoms with van der Waals surface area (Å²) in [4.78, 5) is 12.2. The van der Waals surface area contributed by atoms with Crippen LogP contribution in [0.5, 0.6) is 5.75 Å².